The molecule has 1 N–H and O–H groups in total. The Labute approximate surface area is 102 Å². The summed E-state index contributed by atoms with van der Waals surface area (Å²) in [6, 6.07) is 6.26. The van der Waals surface area contributed by atoms with Gasteiger partial charge in [-0.3, -0.25) is 0 Å². The highest BCUT2D eigenvalue weighted by Gasteiger charge is 2.21. The van der Waals surface area contributed by atoms with Gasteiger partial charge in [-0.05, 0) is 52.0 Å². The number of rotatable bonds is 3. The smallest absolute Gasteiger partial charge is 0.415 e. The molecule has 1 amide bonds. The van der Waals surface area contributed by atoms with E-state index >= 15 is 0 Å². The van der Waals surface area contributed by atoms with E-state index in [1.165, 1.54) is 12.1 Å². The zero-order valence-corrected chi connectivity index (χ0v) is 10.7. The van der Waals surface area contributed by atoms with Gasteiger partial charge in [-0.2, -0.15) is 0 Å². The number of hydrogen-bond acceptors (Lipinski definition) is 3. The number of aromatic hydroxyl groups is 1. The van der Waals surface area contributed by atoms with Crippen LogP contribution >= 0.6 is 0 Å². The van der Waals surface area contributed by atoms with E-state index in [0.29, 0.717) is 5.75 Å². The Morgan fingerprint density at radius 3 is 2.00 bits per heavy atom. The van der Waals surface area contributed by atoms with Crippen molar-refractivity contribution >= 4 is 6.09 Å². The zero-order chi connectivity index (χ0) is 13.0. The number of nitrogens with zero attached hydrogens (tertiary/aromatic N) is 1. The van der Waals surface area contributed by atoms with E-state index in [1.54, 1.807) is 17.0 Å². The normalized spacial score (nSPS) is 10.7. The second-order valence-electron chi connectivity index (χ2n) is 4.46. The lowest BCUT2D eigenvalue weighted by molar-refractivity contribution is 0.122. The third-order valence-corrected chi connectivity index (χ3v) is 2.37. The molecule has 4 nitrogen and oxygen atoms in total. The summed E-state index contributed by atoms with van der Waals surface area (Å²) in [4.78, 5) is 13.6. The zero-order valence-electron chi connectivity index (χ0n) is 10.7. The maximum Gasteiger partial charge on any atom is 0.415 e. The fourth-order valence-corrected chi connectivity index (χ4v) is 1.69. The summed E-state index contributed by atoms with van der Waals surface area (Å²) in [5.41, 5.74) is 0. The Morgan fingerprint density at radius 2 is 1.59 bits per heavy atom. The first kappa shape index (κ1) is 13.4. The van der Waals surface area contributed by atoms with Crippen molar-refractivity contribution in [2.24, 2.45) is 0 Å². The van der Waals surface area contributed by atoms with Gasteiger partial charge in [0.25, 0.3) is 0 Å². The van der Waals surface area contributed by atoms with Crippen LogP contribution in [0.5, 0.6) is 11.5 Å². The number of hydrogen-bond donors (Lipinski definition) is 1. The van der Waals surface area contributed by atoms with Crippen LogP contribution in [0.2, 0.25) is 0 Å². The summed E-state index contributed by atoms with van der Waals surface area (Å²) in [7, 11) is 0. The van der Waals surface area contributed by atoms with Crippen LogP contribution in [0.4, 0.5) is 4.79 Å². The molecule has 0 unspecified atom stereocenters. The Kier molecular flexibility index (Phi) is 4.37. The van der Waals surface area contributed by atoms with Gasteiger partial charge in [0.1, 0.15) is 11.5 Å². The van der Waals surface area contributed by atoms with Crippen molar-refractivity contribution in [2.75, 3.05) is 0 Å². The predicted octanol–water partition coefficient (Wildman–Crippen LogP) is 3.01. The Hall–Kier alpha value is -1.71. The van der Waals surface area contributed by atoms with Crippen LogP contribution in [0.25, 0.3) is 0 Å². The van der Waals surface area contributed by atoms with Crippen molar-refractivity contribution in [2.45, 2.75) is 39.8 Å². The molecule has 0 radical (unpaired) electrons. The maximum absolute atomic E-state index is 11.9. The van der Waals surface area contributed by atoms with Crippen molar-refractivity contribution in [3.8, 4) is 11.5 Å². The second-order valence-corrected chi connectivity index (χ2v) is 4.46. The van der Waals surface area contributed by atoms with Gasteiger partial charge in [-0.1, -0.05) is 0 Å². The van der Waals surface area contributed by atoms with E-state index in [1.807, 2.05) is 27.7 Å². The summed E-state index contributed by atoms with van der Waals surface area (Å²) < 4.78 is 5.23. The molecule has 0 atom stereocenters. The molecule has 0 aliphatic rings. The summed E-state index contributed by atoms with van der Waals surface area (Å²) >= 11 is 0. The number of carbonyl (C=O) groups is 1. The number of phenols is 1. The molecule has 94 valence electrons. The Bertz CT molecular complexity index is 363. The average Bonchev–Trinajstić information content (AvgIpc) is 2.20. The number of phenolic OH excluding ortho intramolecular Hbond substituents is 1. The van der Waals surface area contributed by atoms with Crippen molar-refractivity contribution in [1.29, 1.82) is 0 Å². The van der Waals surface area contributed by atoms with Crippen LogP contribution < -0.4 is 4.74 Å². The molecule has 17 heavy (non-hydrogen) atoms. The lowest BCUT2D eigenvalue weighted by Gasteiger charge is -2.29. The molecule has 0 aliphatic carbocycles. The van der Waals surface area contributed by atoms with Crippen molar-refractivity contribution in [3.63, 3.8) is 0 Å². The van der Waals surface area contributed by atoms with Crippen LogP contribution in [0.3, 0.4) is 0 Å². The Morgan fingerprint density at radius 1 is 1.12 bits per heavy atom. The monoisotopic (exact) mass is 237 g/mol. The molecule has 1 aromatic rings. The molecule has 0 saturated heterocycles. The fourth-order valence-electron chi connectivity index (χ4n) is 1.69. The van der Waals surface area contributed by atoms with E-state index < -0.39 is 0 Å². The van der Waals surface area contributed by atoms with Gasteiger partial charge < -0.3 is 14.7 Å². The first-order valence-electron chi connectivity index (χ1n) is 5.71. The van der Waals surface area contributed by atoms with Gasteiger partial charge in [0.2, 0.25) is 0 Å². The van der Waals surface area contributed by atoms with Crippen molar-refractivity contribution < 1.29 is 14.6 Å². The molecule has 0 saturated carbocycles. The highest BCUT2D eigenvalue weighted by molar-refractivity contribution is 5.71. The molecule has 0 aromatic heterocycles. The largest absolute Gasteiger partial charge is 0.508 e. The van der Waals surface area contributed by atoms with E-state index in [4.69, 9.17) is 9.84 Å². The van der Waals surface area contributed by atoms with E-state index in [9.17, 15) is 4.79 Å². The molecular weight excluding hydrogens is 218 g/mol. The SMILES string of the molecule is CC(C)N(C(=O)Oc1ccc(O)cc1)C(C)C. The van der Waals surface area contributed by atoms with E-state index in [-0.39, 0.29) is 23.9 Å². The van der Waals surface area contributed by atoms with Crippen LogP contribution in [-0.2, 0) is 0 Å². The fraction of sp³-hybridized carbons (Fsp3) is 0.462. The van der Waals surface area contributed by atoms with Crippen LogP contribution in [0, 0.1) is 0 Å². The van der Waals surface area contributed by atoms with E-state index in [2.05, 4.69) is 0 Å². The van der Waals surface area contributed by atoms with E-state index in [0.717, 1.165) is 0 Å². The lowest BCUT2D eigenvalue weighted by atomic mass is 10.2. The number of benzene rings is 1. The highest BCUT2D eigenvalue weighted by atomic mass is 16.6. The molecule has 0 heterocycles. The minimum absolute atomic E-state index is 0.0830. The number of ether oxygens (including phenoxy) is 1. The molecule has 1 rings (SSSR count). The summed E-state index contributed by atoms with van der Waals surface area (Å²) in [6.45, 7) is 7.77. The maximum atomic E-state index is 11.9. The lowest BCUT2D eigenvalue weighted by Crippen LogP contribution is -2.43. The topological polar surface area (TPSA) is 49.8 Å². The first-order chi connectivity index (χ1) is 7.91. The van der Waals surface area contributed by atoms with Gasteiger partial charge in [0.05, 0.1) is 0 Å². The molecule has 0 spiro atoms. The molecular formula is C13H19NO3. The van der Waals surface area contributed by atoms with Gasteiger partial charge >= 0.3 is 6.09 Å². The molecule has 0 bridgehead atoms. The molecule has 0 fully saturated rings. The number of amides is 1. The van der Waals surface area contributed by atoms with Crippen LogP contribution in [0.1, 0.15) is 27.7 Å². The van der Waals surface area contributed by atoms with Gasteiger partial charge in [0.15, 0.2) is 0 Å². The van der Waals surface area contributed by atoms with Crippen LogP contribution in [0.15, 0.2) is 24.3 Å². The molecule has 1 aromatic carbocycles. The summed E-state index contributed by atoms with van der Waals surface area (Å²) in [6.07, 6.45) is -0.374. The Balaban J connectivity index is 2.73. The second kappa shape index (κ2) is 5.57. The summed E-state index contributed by atoms with van der Waals surface area (Å²) in [5.74, 6) is 0.577. The quantitative estimate of drug-likeness (QED) is 0.879. The van der Waals surface area contributed by atoms with Crippen LogP contribution in [-0.4, -0.2) is 28.2 Å². The van der Waals surface area contributed by atoms with Crippen molar-refractivity contribution in [3.05, 3.63) is 24.3 Å². The predicted molar refractivity (Wildman–Crippen MR) is 66.2 cm³/mol. The minimum Gasteiger partial charge on any atom is -0.508 e. The first-order valence-corrected chi connectivity index (χ1v) is 5.71. The standard InChI is InChI=1S/C13H19NO3/c1-9(2)14(10(3)4)13(16)17-12-7-5-11(15)6-8-12/h5-10,15H,1-4H3. The average molecular weight is 237 g/mol. The van der Waals surface area contributed by atoms with Gasteiger partial charge in [-0.15, -0.1) is 0 Å². The molecule has 4 heteroatoms. The van der Waals surface area contributed by atoms with Gasteiger partial charge in [-0.25, -0.2) is 4.79 Å². The minimum atomic E-state index is -0.374. The molecule has 0 aliphatic heterocycles. The van der Waals surface area contributed by atoms with Gasteiger partial charge in [0, 0.05) is 12.1 Å². The number of carbonyl (C=O) groups excluding carboxylic acids is 1. The highest BCUT2D eigenvalue weighted by Crippen LogP contribution is 2.18. The van der Waals surface area contributed by atoms with Crippen molar-refractivity contribution in [1.82, 2.24) is 4.90 Å². The third-order valence-electron chi connectivity index (χ3n) is 2.37. The summed E-state index contributed by atoms with van der Waals surface area (Å²) in [5, 5.41) is 9.13. The third kappa shape index (κ3) is 3.66.